The van der Waals surface area contributed by atoms with E-state index in [1.54, 1.807) is 18.4 Å². The van der Waals surface area contributed by atoms with Gasteiger partial charge in [-0.2, -0.15) is 0 Å². The summed E-state index contributed by atoms with van der Waals surface area (Å²) in [6.07, 6.45) is -0.682. The Bertz CT molecular complexity index is 540. The summed E-state index contributed by atoms with van der Waals surface area (Å²) in [7, 11) is 1.63. The van der Waals surface area contributed by atoms with Crippen molar-refractivity contribution in [3.63, 3.8) is 0 Å². The largest absolute Gasteiger partial charge is 0.497 e. The lowest BCUT2D eigenvalue weighted by molar-refractivity contribution is 0.215. The Morgan fingerprint density at radius 2 is 1.84 bits per heavy atom. The Labute approximate surface area is 117 Å². The maximum absolute atomic E-state index is 10.3. The number of hydrogen-bond acceptors (Lipinski definition) is 4. The molecular weight excluding hydrogens is 258 g/mol. The number of aliphatic hydroxyl groups is 1. The van der Waals surface area contributed by atoms with Gasteiger partial charge in [-0.3, -0.25) is 0 Å². The Kier molecular flexibility index (Phi) is 3.92. The zero-order chi connectivity index (χ0) is 14.0. The average Bonchev–Trinajstić information content (AvgIpc) is 2.87. The van der Waals surface area contributed by atoms with Gasteiger partial charge in [0.25, 0.3) is 0 Å². The van der Waals surface area contributed by atoms with Crippen LogP contribution in [0.4, 0.5) is 0 Å². The molecule has 1 N–H and O–H groups in total. The second-order valence-electron chi connectivity index (χ2n) is 5.50. The van der Waals surface area contributed by atoms with Crippen LogP contribution in [0, 0.1) is 0 Å². The van der Waals surface area contributed by atoms with Gasteiger partial charge in [-0.25, -0.2) is 4.98 Å². The summed E-state index contributed by atoms with van der Waals surface area (Å²) in [5.41, 5.74) is 1.55. The van der Waals surface area contributed by atoms with Crippen molar-refractivity contribution in [1.29, 1.82) is 0 Å². The van der Waals surface area contributed by atoms with Crippen LogP contribution in [0.3, 0.4) is 0 Å². The minimum absolute atomic E-state index is 0.0164. The fourth-order valence-corrected chi connectivity index (χ4v) is 2.64. The van der Waals surface area contributed by atoms with E-state index in [1.165, 1.54) is 0 Å². The van der Waals surface area contributed by atoms with Crippen molar-refractivity contribution >= 4 is 11.3 Å². The number of rotatable bonds is 3. The molecule has 1 unspecified atom stereocenters. The molecule has 0 aliphatic rings. The molecule has 19 heavy (non-hydrogen) atoms. The summed E-state index contributed by atoms with van der Waals surface area (Å²) in [5.74, 6) is 0.782. The van der Waals surface area contributed by atoms with Crippen LogP contribution in [0.2, 0.25) is 0 Å². The van der Waals surface area contributed by atoms with E-state index < -0.39 is 6.10 Å². The molecule has 2 rings (SSSR count). The fraction of sp³-hybridized carbons (Fsp3) is 0.400. The molecule has 0 fully saturated rings. The van der Waals surface area contributed by atoms with Gasteiger partial charge in [0, 0.05) is 10.8 Å². The highest BCUT2D eigenvalue weighted by molar-refractivity contribution is 7.09. The molecule has 4 heteroatoms. The first-order chi connectivity index (χ1) is 8.91. The highest BCUT2D eigenvalue weighted by Crippen LogP contribution is 2.30. The fourth-order valence-electron chi connectivity index (χ4n) is 1.71. The standard InChI is InChI=1S/C15H19NO2S/c1-15(2,3)14-16-12(9-19-14)13(17)10-5-7-11(18-4)8-6-10/h5-9,13,17H,1-4H3. The number of benzene rings is 1. The van der Waals surface area contributed by atoms with Crippen molar-refractivity contribution < 1.29 is 9.84 Å². The molecule has 0 spiro atoms. The van der Waals surface area contributed by atoms with Gasteiger partial charge in [0.15, 0.2) is 0 Å². The van der Waals surface area contributed by atoms with Crippen molar-refractivity contribution in [2.24, 2.45) is 0 Å². The summed E-state index contributed by atoms with van der Waals surface area (Å²) in [6, 6.07) is 7.41. The topological polar surface area (TPSA) is 42.4 Å². The molecule has 1 aromatic carbocycles. The molecule has 0 saturated heterocycles. The third-order valence-corrected chi connectivity index (χ3v) is 4.16. The third-order valence-electron chi connectivity index (χ3n) is 2.88. The van der Waals surface area contributed by atoms with E-state index in [2.05, 4.69) is 25.8 Å². The van der Waals surface area contributed by atoms with E-state index in [1.807, 2.05) is 29.6 Å². The van der Waals surface area contributed by atoms with Crippen LogP contribution in [-0.4, -0.2) is 17.2 Å². The molecule has 0 saturated carbocycles. The van der Waals surface area contributed by atoms with Gasteiger partial charge < -0.3 is 9.84 Å². The van der Waals surface area contributed by atoms with Gasteiger partial charge in [0.05, 0.1) is 17.8 Å². The van der Waals surface area contributed by atoms with E-state index in [9.17, 15) is 5.11 Å². The van der Waals surface area contributed by atoms with Crippen LogP contribution >= 0.6 is 11.3 Å². The molecular formula is C15H19NO2S. The van der Waals surface area contributed by atoms with E-state index in [0.717, 1.165) is 16.3 Å². The molecule has 3 nitrogen and oxygen atoms in total. The summed E-state index contributed by atoms with van der Waals surface area (Å²) in [4.78, 5) is 4.54. The maximum atomic E-state index is 10.3. The zero-order valence-corrected chi connectivity index (χ0v) is 12.5. The number of aromatic nitrogens is 1. The summed E-state index contributed by atoms with van der Waals surface area (Å²) in [6.45, 7) is 6.36. The van der Waals surface area contributed by atoms with Crippen LogP contribution in [-0.2, 0) is 5.41 Å². The number of nitrogens with zero attached hydrogens (tertiary/aromatic N) is 1. The molecule has 1 aromatic heterocycles. The van der Waals surface area contributed by atoms with E-state index >= 15 is 0 Å². The Morgan fingerprint density at radius 1 is 1.21 bits per heavy atom. The number of hydrogen-bond donors (Lipinski definition) is 1. The molecule has 0 amide bonds. The van der Waals surface area contributed by atoms with Gasteiger partial charge in [-0.1, -0.05) is 32.9 Å². The highest BCUT2D eigenvalue weighted by atomic mass is 32.1. The SMILES string of the molecule is COc1ccc(C(O)c2csc(C(C)(C)C)n2)cc1. The summed E-state index contributed by atoms with van der Waals surface area (Å²) in [5, 5.41) is 13.3. The first kappa shape index (κ1) is 14.0. The molecule has 2 aromatic rings. The normalized spacial score (nSPS) is 13.3. The zero-order valence-electron chi connectivity index (χ0n) is 11.7. The maximum Gasteiger partial charge on any atom is 0.122 e. The van der Waals surface area contributed by atoms with Crippen LogP contribution in [0.1, 0.15) is 43.1 Å². The lowest BCUT2D eigenvalue weighted by Gasteiger charge is -2.14. The minimum atomic E-state index is -0.682. The van der Waals surface area contributed by atoms with E-state index in [4.69, 9.17) is 4.74 Å². The molecule has 1 atom stereocenters. The van der Waals surface area contributed by atoms with Crippen molar-refractivity contribution in [3.05, 3.63) is 45.9 Å². The number of ether oxygens (including phenoxy) is 1. The molecule has 1 heterocycles. The summed E-state index contributed by atoms with van der Waals surface area (Å²) < 4.78 is 5.11. The van der Waals surface area contributed by atoms with Gasteiger partial charge >= 0.3 is 0 Å². The van der Waals surface area contributed by atoms with Gasteiger partial charge in [0.1, 0.15) is 11.9 Å². The first-order valence-electron chi connectivity index (χ1n) is 6.20. The summed E-state index contributed by atoms with van der Waals surface area (Å²) >= 11 is 1.59. The van der Waals surface area contributed by atoms with E-state index in [0.29, 0.717) is 5.69 Å². The second kappa shape index (κ2) is 5.31. The van der Waals surface area contributed by atoms with Crippen molar-refractivity contribution in [1.82, 2.24) is 4.98 Å². The third kappa shape index (κ3) is 3.14. The first-order valence-corrected chi connectivity index (χ1v) is 7.07. The Morgan fingerprint density at radius 3 is 2.32 bits per heavy atom. The smallest absolute Gasteiger partial charge is 0.122 e. The minimum Gasteiger partial charge on any atom is -0.497 e. The number of thiazole rings is 1. The average molecular weight is 277 g/mol. The van der Waals surface area contributed by atoms with Crippen LogP contribution in [0.15, 0.2) is 29.6 Å². The number of aliphatic hydroxyl groups excluding tert-OH is 1. The molecule has 0 aliphatic carbocycles. The Hall–Kier alpha value is -1.39. The highest BCUT2D eigenvalue weighted by Gasteiger charge is 2.21. The molecule has 0 radical (unpaired) electrons. The van der Waals surface area contributed by atoms with Gasteiger partial charge in [0.2, 0.25) is 0 Å². The molecule has 102 valence electrons. The Balaban J connectivity index is 2.23. The van der Waals surface area contributed by atoms with Gasteiger partial charge in [-0.15, -0.1) is 11.3 Å². The second-order valence-corrected chi connectivity index (χ2v) is 6.36. The van der Waals surface area contributed by atoms with Crippen molar-refractivity contribution in [3.8, 4) is 5.75 Å². The van der Waals surface area contributed by atoms with Crippen LogP contribution in [0.5, 0.6) is 5.75 Å². The lowest BCUT2D eigenvalue weighted by Crippen LogP contribution is -2.11. The predicted octanol–water partition coefficient (Wildman–Crippen LogP) is 3.53. The molecule has 0 aliphatic heterocycles. The molecule has 0 bridgehead atoms. The lowest BCUT2D eigenvalue weighted by atomic mass is 9.98. The van der Waals surface area contributed by atoms with Crippen molar-refractivity contribution in [2.75, 3.05) is 7.11 Å². The monoisotopic (exact) mass is 277 g/mol. The quantitative estimate of drug-likeness (QED) is 0.933. The number of methoxy groups -OCH3 is 1. The van der Waals surface area contributed by atoms with Crippen molar-refractivity contribution in [2.45, 2.75) is 32.3 Å². The van der Waals surface area contributed by atoms with Crippen LogP contribution in [0.25, 0.3) is 0 Å². The van der Waals surface area contributed by atoms with E-state index in [-0.39, 0.29) is 5.41 Å². The predicted molar refractivity (Wildman–Crippen MR) is 77.9 cm³/mol. The van der Waals surface area contributed by atoms with Crippen LogP contribution < -0.4 is 4.74 Å². The van der Waals surface area contributed by atoms with Gasteiger partial charge in [-0.05, 0) is 17.7 Å².